The molecule has 2 aromatic rings. The van der Waals surface area contributed by atoms with Crippen LogP contribution >= 0.6 is 11.3 Å². The number of benzene rings is 1. The Morgan fingerprint density at radius 3 is 2.76 bits per heavy atom. The molecular weight excluding hydrogens is 332 g/mol. The topological polar surface area (TPSA) is 58.5 Å². The molecule has 6 heteroatoms. The van der Waals surface area contributed by atoms with Crippen LogP contribution in [-0.4, -0.2) is 30.6 Å². The van der Waals surface area contributed by atoms with E-state index in [1.165, 1.54) is 10.4 Å². The zero-order valence-corrected chi connectivity index (χ0v) is 16.3. The summed E-state index contributed by atoms with van der Waals surface area (Å²) in [5, 5.41) is 7.58. The van der Waals surface area contributed by atoms with Gasteiger partial charge in [0.1, 0.15) is 17.4 Å². The van der Waals surface area contributed by atoms with Crippen molar-refractivity contribution in [2.45, 2.75) is 40.2 Å². The summed E-state index contributed by atoms with van der Waals surface area (Å²) in [5.74, 6) is 2.19. The molecule has 0 saturated heterocycles. The molecule has 2 rings (SSSR count). The third-order valence-electron chi connectivity index (χ3n) is 3.58. The molecule has 0 radical (unpaired) electrons. The van der Waals surface area contributed by atoms with Crippen LogP contribution in [0.2, 0.25) is 0 Å². The lowest BCUT2D eigenvalue weighted by molar-refractivity contribution is 0.317. The zero-order chi connectivity index (χ0) is 18.1. The molecule has 0 bridgehead atoms. The summed E-state index contributed by atoms with van der Waals surface area (Å²) in [7, 11) is 0. The second kappa shape index (κ2) is 10.0. The van der Waals surface area contributed by atoms with E-state index < -0.39 is 0 Å². The molecule has 1 aromatic carbocycles. The molecule has 5 nitrogen and oxygen atoms in total. The average Bonchev–Trinajstić information content (AvgIpc) is 3.02. The Bertz CT molecular complexity index is 682. The fourth-order valence-electron chi connectivity index (χ4n) is 2.38. The van der Waals surface area contributed by atoms with Crippen LogP contribution in [0.15, 0.2) is 35.5 Å². The molecule has 0 amide bonds. The summed E-state index contributed by atoms with van der Waals surface area (Å²) in [4.78, 5) is 10.1. The summed E-state index contributed by atoms with van der Waals surface area (Å²) >= 11 is 1.68. The third kappa shape index (κ3) is 6.38. The Hall–Kier alpha value is -2.08. The quantitative estimate of drug-likeness (QED) is 0.428. The Labute approximate surface area is 154 Å². The lowest BCUT2D eigenvalue weighted by Gasteiger charge is -2.15. The van der Waals surface area contributed by atoms with Crippen LogP contribution in [0.25, 0.3) is 0 Å². The highest BCUT2D eigenvalue weighted by Crippen LogP contribution is 2.25. The second-order valence-corrected chi connectivity index (χ2v) is 7.35. The number of aliphatic imine (C=N–C) groups is 1. The minimum atomic E-state index is 0.449. The maximum atomic E-state index is 5.94. The van der Waals surface area contributed by atoms with Gasteiger partial charge in [0, 0.05) is 17.6 Å². The van der Waals surface area contributed by atoms with Gasteiger partial charge in [0.25, 0.3) is 0 Å². The normalized spacial score (nSPS) is 11.6. The van der Waals surface area contributed by atoms with Gasteiger partial charge in [-0.1, -0.05) is 32.0 Å². The van der Waals surface area contributed by atoms with Crippen molar-refractivity contribution in [3.05, 3.63) is 45.9 Å². The Balaban J connectivity index is 1.83. The van der Waals surface area contributed by atoms with Crippen LogP contribution in [0, 0.1) is 6.92 Å². The van der Waals surface area contributed by atoms with Gasteiger partial charge in [-0.3, -0.25) is 0 Å². The van der Waals surface area contributed by atoms with Crippen molar-refractivity contribution in [1.82, 2.24) is 15.6 Å². The number of ether oxygens (including phenoxy) is 1. The summed E-state index contributed by atoms with van der Waals surface area (Å²) in [6.07, 6.45) is 1.88. The number of nitrogens with one attached hydrogen (secondary N) is 2. The number of hydrogen-bond donors (Lipinski definition) is 2. The van der Waals surface area contributed by atoms with E-state index >= 15 is 0 Å². The highest BCUT2D eigenvalue weighted by atomic mass is 32.1. The smallest absolute Gasteiger partial charge is 0.191 e. The number of guanidine groups is 1. The number of thiazole rings is 1. The van der Waals surface area contributed by atoms with E-state index in [4.69, 9.17) is 4.74 Å². The minimum Gasteiger partial charge on any atom is -0.491 e. The summed E-state index contributed by atoms with van der Waals surface area (Å²) in [6.45, 7) is 11.2. The van der Waals surface area contributed by atoms with Crippen LogP contribution in [-0.2, 0) is 6.54 Å². The molecule has 136 valence electrons. The second-order valence-electron chi connectivity index (χ2n) is 6.03. The first kappa shape index (κ1) is 19.2. The van der Waals surface area contributed by atoms with E-state index in [0.717, 1.165) is 23.3 Å². The number of aromatic nitrogens is 1. The van der Waals surface area contributed by atoms with Gasteiger partial charge in [-0.25, -0.2) is 9.98 Å². The lowest BCUT2D eigenvalue weighted by atomic mass is 10.0. The number of para-hydroxylation sites is 1. The minimum absolute atomic E-state index is 0.449. The van der Waals surface area contributed by atoms with E-state index in [2.05, 4.69) is 60.4 Å². The largest absolute Gasteiger partial charge is 0.491 e. The van der Waals surface area contributed by atoms with Crippen LogP contribution in [0.3, 0.4) is 0 Å². The van der Waals surface area contributed by atoms with Gasteiger partial charge in [0.05, 0.1) is 13.1 Å². The molecule has 1 aromatic heterocycles. The van der Waals surface area contributed by atoms with Crippen molar-refractivity contribution in [1.29, 1.82) is 0 Å². The summed E-state index contributed by atoms with van der Waals surface area (Å²) in [5.41, 5.74) is 1.24. The molecule has 0 spiro atoms. The molecule has 0 atom stereocenters. The van der Waals surface area contributed by atoms with Gasteiger partial charge in [-0.05, 0) is 31.4 Å². The van der Waals surface area contributed by atoms with Gasteiger partial charge in [0.2, 0.25) is 0 Å². The molecule has 0 saturated carbocycles. The molecule has 0 aliphatic rings. The fraction of sp³-hybridized carbons (Fsp3) is 0.474. The van der Waals surface area contributed by atoms with Crippen LogP contribution < -0.4 is 15.4 Å². The maximum Gasteiger partial charge on any atom is 0.191 e. The van der Waals surface area contributed by atoms with E-state index in [1.807, 2.05) is 18.3 Å². The van der Waals surface area contributed by atoms with E-state index in [-0.39, 0.29) is 0 Å². The van der Waals surface area contributed by atoms with Gasteiger partial charge >= 0.3 is 0 Å². The van der Waals surface area contributed by atoms with Crippen molar-refractivity contribution >= 4 is 17.3 Å². The highest BCUT2D eigenvalue weighted by Gasteiger charge is 2.06. The number of nitrogens with zero attached hydrogens (tertiary/aromatic N) is 2. The molecule has 0 aliphatic carbocycles. The lowest BCUT2D eigenvalue weighted by Crippen LogP contribution is -2.39. The van der Waals surface area contributed by atoms with Crippen molar-refractivity contribution in [3.8, 4) is 5.75 Å². The third-order valence-corrected chi connectivity index (χ3v) is 4.48. The molecule has 2 N–H and O–H groups in total. The molecular formula is C19H28N4OS. The Kier molecular flexibility index (Phi) is 7.73. The van der Waals surface area contributed by atoms with E-state index in [9.17, 15) is 0 Å². The van der Waals surface area contributed by atoms with Crippen LogP contribution in [0.4, 0.5) is 0 Å². The van der Waals surface area contributed by atoms with Gasteiger partial charge < -0.3 is 15.4 Å². The first-order valence-corrected chi connectivity index (χ1v) is 9.57. The first-order chi connectivity index (χ1) is 12.1. The van der Waals surface area contributed by atoms with Crippen molar-refractivity contribution in [2.24, 2.45) is 4.99 Å². The average molecular weight is 361 g/mol. The SMILES string of the molecule is CCNC(=NCc1ncc(C)s1)NCCOc1ccccc1C(C)C. The van der Waals surface area contributed by atoms with Gasteiger partial charge in [-0.15, -0.1) is 11.3 Å². The van der Waals surface area contributed by atoms with Crippen molar-refractivity contribution in [2.75, 3.05) is 19.7 Å². The highest BCUT2D eigenvalue weighted by molar-refractivity contribution is 7.11. The molecule has 1 heterocycles. The number of hydrogen-bond acceptors (Lipinski definition) is 4. The Morgan fingerprint density at radius 1 is 1.28 bits per heavy atom. The fourth-order valence-corrected chi connectivity index (χ4v) is 3.09. The van der Waals surface area contributed by atoms with Crippen molar-refractivity contribution in [3.63, 3.8) is 0 Å². The standard InChI is InChI=1S/C19H28N4OS/c1-5-20-19(23-13-18-22-12-15(4)25-18)21-10-11-24-17-9-7-6-8-16(17)14(2)3/h6-9,12,14H,5,10-11,13H2,1-4H3,(H2,20,21,23). The first-order valence-electron chi connectivity index (χ1n) is 8.75. The molecule has 0 aliphatic heterocycles. The van der Waals surface area contributed by atoms with Gasteiger partial charge in [0.15, 0.2) is 5.96 Å². The molecule has 0 unspecified atom stereocenters. The summed E-state index contributed by atoms with van der Waals surface area (Å²) in [6, 6.07) is 8.21. The monoisotopic (exact) mass is 360 g/mol. The number of rotatable bonds is 8. The number of aryl methyl sites for hydroxylation is 1. The van der Waals surface area contributed by atoms with Crippen molar-refractivity contribution < 1.29 is 4.74 Å². The van der Waals surface area contributed by atoms with E-state index in [0.29, 0.717) is 25.6 Å². The predicted molar refractivity (Wildman–Crippen MR) is 106 cm³/mol. The Morgan fingerprint density at radius 2 is 2.08 bits per heavy atom. The van der Waals surface area contributed by atoms with Gasteiger partial charge in [-0.2, -0.15) is 0 Å². The zero-order valence-electron chi connectivity index (χ0n) is 15.5. The van der Waals surface area contributed by atoms with E-state index in [1.54, 1.807) is 11.3 Å². The molecule has 0 fully saturated rings. The van der Waals surface area contributed by atoms with Crippen LogP contribution in [0.1, 0.15) is 42.1 Å². The predicted octanol–water partition coefficient (Wildman–Crippen LogP) is 3.71. The maximum absolute atomic E-state index is 5.94. The van der Waals surface area contributed by atoms with Crippen LogP contribution in [0.5, 0.6) is 5.75 Å². The summed E-state index contributed by atoms with van der Waals surface area (Å²) < 4.78 is 5.94. The molecule has 25 heavy (non-hydrogen) atoms.